The van der Waals surface area contributed by atoms with Crippen molar-refractivity contribution < 1.29 is 17.9 Å². The average molecular weight is 355 g/mol. The van der Waals surface area contributed by atoms with Crippen molar-refractivity contribution in [1.82, 2.24) is 0 Å². The number of hydrogen-bond donors (Lipinski definition) is 0. The Morgan fingerprint density at radius 1 is 1.12 bits per heavy atom. The molecule has 2 aromatic carbocycles. The number of hydrogen-bond acceptors (Lipinski definition) is 5. The molecule has 128 valence electrons. The molecule has 1 saturated carbocycles. The lowest BCUT2D eigenvalue weighted by Gasteiger charge is -2.09. The third kappa shape index (κ3) is 2.61. The first-order valence-corrected chi connectivity index (χ1v) is 9.47. The van der Waals surface area contributed by atoms with E-state index in [4.69, 9.17) is 4.74 Å². The Labute approximate surface area is 146 Å². The topological polar surface area (TPSA) is 84.2 Å². The highest BCUT2D eigenvalue weighted by Crippen LogP contribution is 2.64. The van der Waals surface area contributed by atoms with Crippen molar-refractivity contribution in [3.05, 3.63) is 66.2 Å². The van der Waals surface area contributed by atoms with E-state index >= 15 is 0 Å². The van der Waals surface area contributed by atoms with Crippen LogP contribution in [0.4, 0.5) is 0 Å². The first-order valence-electron chi connectivity index (χ1n) is 7.92. The number of benzene rings is 2. The van der Waals surface area contributed by atoms with E-state index in [2.05, 4.69) is 0 Å². The molecule has 2 aromatic rings. The fourth-order valence-electron chi connectivity index (χ4n) is 3.31. The molecule has 1 aliphatic carbocycles. The van der Waals surface area contributed by atoms with Gasteiger partial charge in [-0.1, -0.05) is 48.5 Å². The molecule has 5 nitrogen and oxygen atoms in total. The fraction of sp³-hybridized carbons (Fsp3) is 0.263. The predicted octanol–water partition coefficient (Wildman–Crippen LogP) is 2.70. The molecule has 0 radical (unpaired) electrons. The van der Waals surface area contributed by atoms with Gasteiger partial charge in [-0.3, -0.25) is 4.79 Å². The number of carbonyl (C=O) groups excluding carboxylic acids is 1. The molecule has 0 spiro atoms. The van der Waals surface area contributed by atoms with Gasteiger partial charge in [0.25, 0.3) is 0 Å². The van der Waals surface area contributed by atoms with Crippen molar-refractivity contribution in [2.75, 3.05) is 6.61 Å². The molecular weight excluding hydrogens is 338 g/mol. The summed E-state index contributed by atoms with van der Waals surface area (Å²) in [5.74, 6) is -1.53. The number of esters is 1. The first-order chi connectivity index (χ1) is 12.0. The van der Waals surface area contributed by atoms with E-state index in [1.165, 1.54) is 12.1 Å². The Balaban J connectivity index is 2.13. The van der Waals surface area contributed by atoms with Crippen LogP contribution in [-0.4, -0.2) is 26.2 Å². The van der Waals surface area contributed by atoms with E-state index in [0.29, 0.717) is 5.56 Å². The van der Waals surface area contributed by atoms with Crippen LogP contribution in [0.1, 0.15) is 18.4 Å². The van der Waals surface area contributed by atoms with Crippen LogP contribution in [0.2, 0.25) is 0 Å². The smallest absolute Gasteiger partial charge is 0.328 e. The molecule has 0 bridgehead atoms. The Bertz CT molecular complexity index is 919. The number of sulfone groups is 1. The highest BCUT2D eigenvalue weighted by molar-refractivity contribution is 7.92. The van der Waals surface area contributed by atoms with Crippen molar-refractivity contribution in [2.45, 2.75) is 23.0 Å². The maximum atomic E-state index is 13.1. The van der Waals surface area contributed by atoms with Crippen molar-refractivity contribution >= 4 is 15.8 Å². The SMILES string of the molecule is CCOC(=O)[C@@]1(C#N)[C@H](S(=O)(=O)c2ccccc2)[C@@H]1c1ccccc1. The number of rotatable bonds is 5. The largest absolute Gasteiger partial charge is 0.465 e. The molecule has 6 heteroatoms. The summed E-state index contributed by atoms with van der Waals surface area (Å²) in [4.78, 5) is 12.6. The van der Waals surface area contributed by atoms with Crippen LogP contribution in [0.15, 0.2) is 65.6 Å². The van der Waals surface area contributed by atoms with Crippen LogP contribution in [-0.2, 0) is 19.4 Å². The van der Waals surface area contributed by atoms with E-state index in [1.54, 1.807) is 55.5 Å². The van der Waals surface area contributed by atoms with Crippen LogP contribution in [0.25, 0.3) is 0 Å². The third-order valence-corrected chi connectivity index (χ3v) is 6.74. The molecule has 25 heavy (non-hydrogen) atoms. The van der Waals surface area contributed by atoms with Crippen molar-refractivity contribution in [3.63, 3.8) is 0 Å². The van der Waals surface area contributed by atoms with Gasteiger partial charge in [0.15, 0.2) is 15.3 Å². The molecule has 0 amide bonds. The lowest BCUT2D eigenvalue weighted by atomic mass is 10.0. The third-order valence-electron chi connectivity index (χ3n) is 4.50. The Kier molecular flexibility index (Phi) is 4.36. The molecular formula is C19H17NO4S. The summed E-state index contributed by atoms with van der Waals surface area (Å²) in [6, 6.07) is 18.6. The van der Waals surface area contributed by atoms with Gasteiger partial charge in [-0.2, -0.15) is 5.26 Å². The Morgan fingerprint density at radius 3 is 2.20 bits per heavy atom. The maximum Gasteiger partial charge on any atom is 0.328 e. The summed E-state index contributed by atoms with van der Waals surface area (Å²) in [5.41, 5.74) is -1.08. The number of carbonyl (C=O) groups is 1. The summed E-state index contributed by atoms with van der Waals surface area (Å²) in [6.45, 7) is 1.71. The first kappa shape index (κ1) is 17.2. The van der Waals surface area contributed by atoms with Gasteiger partial charge < -0.3 is 4.74 Å². The Hall–Kier alpha value is -2.65. The molecule has 0 unspecified atom stereocenters. The monoisotopic (exact) mass is 355 g/mol. The van der Waals surface area contributed by atoms with Gasteiger partial charge in [-0.15, -0.1) is 0 Å². The van der Waals surface area contributed by atoms with Crippen LogP contribution >= 0.6 is 0 Å². The summed E-state index contributed by atoms with van der Waals surface area (Å²) in [7, 11) is -3.87. The van der Waals surface area contributed by atoms with Crippen molar-refractivity contribution in [2.24, 2.45) is 5.41 Å². The molecule has 1 aliphatic rings. The summed E-state index contributed by atoms with van der Waals surface area (Å²) >= 11 is 0. The van der Waals surface area contributed by atoms with Gasteiger partial charge in [0, 0.05) is 5.92 Å². The van der Waals surface area contributed by atoms with E-state index < -0.39 is 32.4 Å². The zero-order valence-electron chi connectivity index (χ0n) is 13.6. The normalized spacial score (nSPS) is 25.0. The van der Waals surface area contributed by atoms with E-state index in [1.807, 2.05) is 6.07 Å². The zero-order chi connectivity index (χ0) is 18.1. The second-order valence-corrected chi connectivity index (χ2v) is 7.94. The number of nitrogens with zero attached hydrogens (tertiary/aromatic N) is 1. The molecule has 0 saturated heterocycles. The summed E-state index contributed by atoms with van der Waals surface area (Å²) in [5, 5.41) is 8.59. The van der Waals surface area contributed by atoms with Gasteiger partial charge in [0.2, 0.25) is 0 Å². The van der Waals surface area contributed by atoms with E-state index in [9.17, 15) is 18.5 Å². The second kappa shape index (κ2) is 6.34. The van der Waals surface area contributed by atoms with Crippen LogP contribution in [0.5, 0.6) is 0 Å². The lowest BCUT2D eigenvalue weighted by Crippen LogP contribution is -2.25. The molecule has 3 rings (SSSR count). The number of nitriles is 1. The lowest BCUT2D eigenvalue weighted by molar-refractivity contribution is -0.147. The standard InChI is InChI=1S/C19H17NO4S/c1-2-24-18(21)19(13-20)16(14-9-5-3-6-10-14)17(19)25(22,23)15-11-7-4-8-12-15/h3-12,16-17H,2H2,1H3/t16-,17+,19+/m0/s1. The van der Waals surface area contributed by atoms with Gasteiger partial charge in [0.05, 0.1) is 17.6 Å². The zero-order valence-corrected chi connectivity index (χ0v) is 14.4. The molecule has 3 atom stereocenters. The fourth-order valence-corrected chi connectivity index (χ4v) is 5.57. The van der Waals surface area contributed by atoms with Crippen molar-refractivity contribution in [1.29, 1.82) is 5.26 Å². The van der Waals surface area contributed by atoms with Gasteiger partial charge >= 0.3 is 5.97 Å². The molecule has 0 aliphatic heterocycles. The Morgan fingerprint density at radius 2 is 1.68 bits per heavy atom. The minimum Gasteiger partial charge on any atom is -0.465 e. The number of ether oxygens (including phenoxy) is 1. The molecule has 0 heterocycles. The minimum atomic E-state index is -3.87. The van der Waals surface area contributed by atoms with Crippen LogP contribution in [0, 0.1) is 16.7 Å². The molecule has 0 N–H and O–H groups in total. The average Bonchev–Trinajstić information content (AvgIpc) is 3.35. The second-order valence-electron chi connectivity index (χ2n) is 5.87. The van der Waals surface area contributed by atoms with E-state index in [-0.39, 0.29) is 11.5 Å². The highest BCUT2D eigenvalue weighted by Gasteiger charge is 2.77. The van der Waals surface area contributed by atoms with Crippen molar-refractivity contribution in [3.8, 4) is 6.07 Å². The summed E-state index contributed by atoms with van der Waals surface area (Å²) < 4.78 is 31.3. The van der Waals surface area contributed by atoms with Gasteiger partial charge in [-0.25, -0.2) is 8.42 Å². The molecule has 0 aromatic heterocycles. The van der Waals surface area contributed by atoms with E-state index in [0.717, 1.165) is 0 Å². The van der Waals surface area contributed by atoms with Gasteiger partial charge in [0.1, 0.15) is 5.25 Å². The minimum absolute atomic E-state index is 0.0852. The molecule has 1 fully saturated rings. The van der Waals surface area contributed by atoms with Crippen LogP contribution < -0.4 is 0 Å². The maximum absolute atomic E-state index is 13.1. The van der Waals surface area contributed by atoms with Gasteiger partial charge in [-0.05, 0) is 24.6 Å². The van der Waals surface area contributed by atoms with Crippen LogP contribution in [0.3, 0.4) is 0 Å². The quantitative estimate of drug-likeness (QED) is 0.770. The predicted molar refractivity (Wildman–Crippen MR) is 91.3 cm³/mol. The summed E-state index contributed by atoms with van der Waals surface area (Å²) in [6.07, 6.45) is 0. The highest BCUT2D eigenvalue weighted by atomic mass is 32.2.